The molecule has 0 bridgehead atoms. The van der Waals surface area contributed by atoms with Crippen molar-refractivity contribution >= 4 is 23.1 Å². The largest absolute Gasteiger partial charge is 0.480 e. The minimum Gasteiger partial charge on any atom is -0.480 e. The van der Waals surface area contributed by atoms with Gasteiger partial charge in [-0.3, -0.25) is 4.79 Å². The molecule has 1 aromatic heterocycles. The van der Waals surface area contributed by atoms with E-state index in [1.807, 2.05) is 45.0 Å². The van der Waals surface area contributed by atoms with Crippen molar-refractivity contribution in [3.8, 4) is 0 Å². The molecule has 0 aliphatic carbocycles. The van der Waals surface area contributed by atoms with Crippen LogP contribution in [-0.2, 0) is 4.79 Å². The molecule has 31 heavy (non-hydrogen) atoms. The summed E-state index contributed by atoms with van der Waals surface area (Å²) in [7, 11) is 0. The standard InChI is InChI=1S/C16H24N4O2.C5H12N2O2/c1-16(2,3)20(15(21)22)10-6-7-11(17)14-18-12-8-4-5-9-13(12)19-14;6-3-1-2-4(7)5(8)9/h4-5,8-9,11H,6-7,10,17H2,1-3H3,(H,18,19)(H,21,22);4H,1-3,6-7H2,(H,8,9). The zero-order valence-corrected chi connectivity index (χ0v) is 18.5. The van der Waals surface area contributed by atoms with Gasteiger partial charge in [0.15, 0.2) is 0 Å². The Morgan fingerprint density at radius 2 is 1.77 bits per heavy atom. The molecule has 2 unspecified atom stereocenters. The van der Waals surface area contributed by atoms with Gasteiger partial charge in [0.2, 0.25) is 0 Å². The van der Waals surface area contributed by atoms with Crippen LogP contribution in [0.3, 0.4) is 0 Å². The van der Waals surface area contributed by atoms with Crippen LogP contribution >= 0.6 is 0 Å². The molecule has 0 saturated carbocycles. The zero-order chi connectivity index (χ0) is 23.6. The maximum atomic E-state index is 11.3. The Labute approximate surface area is 182 Å². The Morgan fingerprint density at radius 3 is 2.29 bits per heavy atom. The zero-order valence-electron chi connectivity index (χ0n) is 18.5. The highest BCUT2D eigenvalue weighted by molar-refractivity contribution is 5.74. The number of hydrogen-bond acceptors (Lipinski definition) is 6. The normalized spacial score (nSPS) is 13.2. The lowest BCUT2D eigenvalue weighted by Crippen LogP contribution is -2.45. The molecule has 2 rings (SSSR count). The fourth-order valence-electron chi connectivity index (χ4n) is 2.93. The summed E-state index contributed by atoms with van der Waals surface area (Å²) in [5.41, 5.74) is 17.9. The van der Waals surface area contributed by atoms with Crippen molar-refractivity contribution in [2.24, 2.45) is 17.2 Å². The number of carboxylic acids is 1. The van der Waals surface area contributed by atoms with E-state index >= 15 is 0 Å². The Balaban J connectivity index is 0.000000452. The lowest BCUT2D eigenvalue weighted by atomic mass is 10.1. The maximum absolute atomic E-state index is 11.3. The average Bonchev–Trinajstić information content (AvgIpc) is 3.12. The molecule has 0 spiro atoms. The van der Waals surface area contributed by atoms with Gasteiger partial charge >= 0.3 is 12.1 Å². The smallest absolute Gasteiger partial charge is 0.407 e. The van der Waals surface area contributed by atoms with Crippen molar-refractivity contribution in [1.82, 2.24) is 14.9 Å². The number of nitrogens with zero attached hydrogens (tertiary/aromatic N) is 2. The molecule has 0 aliphatic heterocycles. The van der Waals surface area contributed by atoms with E-state index in [0.717, 1.165) is 16.9 Å². The molecule has 0 aliphatic rings. The first-order chi connectivity index (χ1) is 14.5. The monoisotopic (exact) mass is 436 g/mol. The first-order valence-corrected chi connectivity index (χ1v) is 10.4. The highest BCUT2D eigenvalue weighted by atomic mass is 16.4. The van der Waals surface area contributed by atoms with Gasteiger partial charge in [-0.1, -0.05) is 12.1 Å². The Kier molecular flexibility index (Phi) is 10.4. The third-order valence-electron chi connectivity index (χ3n) is 4.73. The molecule has 10 heteroatoms. The number of para-hydroxylation sites is 2. The Hall–Kier alpha value is -2.69. The molecule has 0 saturated heterocycles. The van der Waals surface area contributed by atoms with Crippen LogP contribution in [-0.4, -0.2) is 61.8 Å². The lowest BCUT2D eigenvalue weighted by molar-refractivity contribution is -0.138. The van der Waals surface area contributed by atoms with Crippen LogP contribution in [0.5, 0.6) is 0 Å². The average molecular weight is 437 g/mol. The van der Waals surface area contributed by atoms with Crippen molar-refractivity contribution in [3.05, 3.63) is 30.1 Å². The van der Waals surface area contributed by atoms with E-state index in [4.69, 9.17) is 22.3 Å². The predicted molar refractivity (Wildman–Crippen MR) is 121 cm³/mol. The first-order valence-electron chi connectivity index (χ1n) is 10.4. The molecule has 174 valence electrons. The van der Waals surface area contributed by atoms with E-state index in [9.17, 15) is 14.7 Å². The van der Waals surface area contributed by atoms with Crippen molar-refractivity contribution in [2.45, 2.75) is 64.1 Å². The molecule has 2 aromatic rings. The van der Waals surface area contributed by atoms with Crippen molar-refractivity contribution in [3.63, 3.8) is 0 Å². The van der Waals surface area contributed by atoms with Crippen molar-refractivity contribution < 1.29 is 19.8 Å². The summed E-state index contributed by atoms with van der Waals surface area (Å²) in [6.45, 7) is 6.63. The number of H-pyrrole nitrogens is 1. The molecule has 10 nitrogen and oxygen atoms in total. The van der Waals surface area contributed by atoms with Crippen LogP contribution < -0.4 is 17.2 Å². The molecule has 1 amide bonds. The van der Waals surface area contributed by atoms with Crippen LogP contribution in [0, 0.1) is 0 Å². The van der Waals surface area contributed by atoms with Gasteiger partial charge in [-0.05, 0) is 65.1 Å². The Morgan fingerprint density at radius 1 is 1.13 bits per heavy atom. The number of nitrogens with one attached hydrogen (secondary N) is 1. The van der Waals surface area contributed by atoms with Gasteiger partial charge in [-0.2, -0.15) is 0 Å². The fraction of sp³-hybridized carbons (Fsp3) is 0.571. The van der Waals surface area contributed by atoms with E-state index in [2.05, 4.69) is 9.97 Å². The first kappa shape index (κ1) is 26.3. The summed E-state index contributed by atoms with van der Waals surface area (Å²) < 4.78 is 0. The number of hydrogen-bond donors (Lipinski definition) is 6. The summed E-state index contributed by atoms with van der Waals surface area (Å²) in [4.78, 5) is 30.5. The number of carboxylic acid groups (broad SMARTS) is 2. The molecule has 9 N–H and O–H groups in total. The molecule has 0 radical (unpaired) electrons. The Bertz CT molecular complexity index is 800. The quantitative estimate of drug-likeness (QED) is 0.345. The van der Waals surface area contributed by atoms with Crippen LogP contribution in [0.1, 0.15) is 58.3 Å². The van der Waals surface area contributed by atoms with Gasteiger partial charge in [0.25, 0.3) is 0 Å². The number of aromatic nitrogens is 2. The number of benzene rings is 1. The summed E-state index contributed by atoms with van der Waals surface area (Å²) >= 11 is 0. The van der Waals surface area contributed by atoms with E-state index < -0.39 is 23.6 Å². The highest BCUT2D eigenvalue weighted by Crippen LogP contribution is 2.19. The van der Waals surface area contributed by atoms with Gasteiger partial charge in [0.1, 0.15) is 11.9 Å². The third kappa shape index (κ3) is 8.91. The third-order valence-corrected chi connectivity index (χ3v) is 4.73. The van der Waals surface area contributed by atoms with E-state index in [1.165, 1.54) is 4.90 Å². The minimum absolute atomic E-state index is 0.219. The number of imidazole rings is 1. The van der Waals surface area contributed by atoms with Gasteiger partial charge < -0.3 is 37.3 Å². The van der Waals surface area contributed by atoms with Crippen LogP contribution in [0.15, 0.2) is 24.3 Å². The second-order valence-electron chi connectivity index (χ2n) is 8.37. The number of nitrogens with two attached hydrogens (primary N) is 3. The molecule has 0 fully saturated rings. The molecule has 2 atom stereocenters. The number of carbonyl (C=O) groups is 2. The minimum atomic E-state index is -0.955. The maximum Gasteiger partial charge on any atom is 0.407 e. The van der Waals surface area contributed by atoms with Crippen molar-refractivity contribution in [1.29, 1.82) is 0 Å². The predicted octanol–water partition coefficient (Wildman–Crippen LogP) is 2.26. The molecule has 1 aromatic carbocycles. The summed E-state index contributed by atoms with van der Waals surface area (Å²) in [6, 6.07) is 6.82. The van der Waals surface area contributed by atoms with E-state index in [0.29, 0.717) is 38.8 Å². The topological polar surface area (TPSA) is 185 Å². The van der Waals surface area contributed by atoms with Gasteiger partial charge in [0.05, 0.1) is 17.1 Å². The number of fused-ring (bicyclic) bond motifs is 1. The second kappa shape index (κ2) is 12.2. The van der Waals surface area contributed by atoms with Crippen molar-refractivity contribution in [2.75, 3.05) is 13.1 Å². The van der Waals surface area contributed by atoms with Crippen LogP contribution in [0.4, 0.5) is 4.79 Å². The summed E-state index contributed by atoms with van der Waals surface area (Å²) in [6.07, 6.45) is 1.62. The number of aromatic amines is 1. The number of amides is 1. The summed E-state index contributed by atoms with van der Waals surface area (Å²) in [5.74, 6) is -0.206. The highest BCUT2D eigenvalue weighted by Gasteiger charge is 2.25. The number of aliphatic carboxylic acids is 1. The SMILES string of the molecule is CC(C)(C)N(CCCC(N)c1nc2ccccc2[nH]1)C(=O)O.NCCCC(N)C(=O)O. The molecule has 1 heterocycles. The van der Waals surface area contributed by atoms with Gasteiger partial charge in [0, 0.05) is 12.1 Å². The summed E-state index contributed by atoms with van der Waals surface area (Å²) in [5, 5.41) is 17.5. The van der Waals surface area contributed by atoms with E-state index in [1.54, 1.807) is 0 Å². The number of rotatable bonds is 9. The van der Waals surface area contributed by atoms with Gasteiger partial charge in [-0.15, -0.1) is 0 Å². The van der Waals surface area contributed by atoms with Crippen LogP contribution in [0.2, 0.25) is 0 Å². The molecular formula is C21H36N6O4. The van der Waals surface area contributed by atoms with E-state index in [-0.39, 0.29) is 6.04 Å². The van der Waals surface area contributed by atoms with Crippen LogP contribution in [0.25, 0.3) is 11.0 Å². The van der Waals surface area contributed by atoms with Gasteiger partial charge in [-0.25, -0.2) is 9.78 Å². The second-order valence-corrected chi connectivity index (χ2v) is 8.37. The lowest BCUT2D eigenvalue weighted by Gasteiger charge is -2.33. The molecular weight excluding hydrogens is 400 g/mol. The fourth-order valence-corrected chi connectivity index (χ4v) is 2.93.